The molecule has 0 aromatic rings. The third-order valence-corrected chi connectivity index (χ3v) is 0. The second kappa shape index (κ2) is 17.2. The molecule has 4 heteroatoms. The second-order valence-corrected chi connectivity index (χ2v) is 0.0913. The van der Waals surface area contributed by atoms with Gasteiger partial charge in [-0.1, -0.05) is 0 Å². The van der Waals surface area contributed by atoms with Crippen LogP contribution in [0.2, 0.25) is 0 Å². The fourth-order valence-electron chi connectivity index (χ4n) is 0. The van der Waals surface area contributed by atoms with Crippen LogP contribution < -0.4 is 68.9 Å². The van der Waals surface area contributed by atoms with Crippen molar-refractivity contribution in [2.45, 2.75) is 0 Å². The zero-order valence-electron chi connectivity index (χ0n) is 2.76. The minimum atomic E-state index is 0. The number of carbonyl (C=O) groups excluding carboxylic acids is 1. The molecule has 24 valence electrons. The summed E-state index contributed by atoms with van der Waals surface area (Å²) in [4.78, 5) is 8.24. The second-order valence-electron chi connectivity index (χ2n) is 0.0913. The predicted octanol–water partition coefficient (Wildman–Crippen LogP) is -2.68. The number of hydrogen-bond donors (Lipinski definition) is 0. The molecular formula is CHClCsNO. The summed E-state index contributed by atoms with van der Waals surface area (Å²) in [7, 11) is 0. The van der Waals surface area contributed by atoms with E-state index in [9.17, 15) is 0 Å². The van der Waals surface area contributed by atoms with Crippen LogP contribution in [0, 0.1) is 0 Å². The topological polar surface area (TPSA) is 39.4 Å². The first-order valence-electron chi connectivity index (χ1n) is 0.428. The van der Waals surface area contributed by atoms with Gasteiger partial charge in [-0.25, -0.2) is 0 Å². The number of rotatable bonds is 0. The summed E-state index contributed by atoms with van der Waals surface area (Å²) in [5, 5.41) is 6.76. The Morgan fingerprint density at radius 2 is 1.60 bits per heavy atom. The van der Waals surface area contributed by atoms with Crippen LogP contribution in [0.25, 0.3) is 5.41 Å². The smallest absolute Gasteiger partial charge is 0.724 e. The number of halogens is 1. The molecule has 0 rings (SSSR count). The summed E-state index contributed by atoms with van der Waals surface area (Å²) in [6.07, 6.45) is 0.500. The van der Waals surface area contributed by atoms with Crippen LogP contribution in [0.4, 0.5) is 0 Å². The normalized spacial score (nSPS) is 1.60. The minimum Gasteiger partial charge on any atom is -0.724 e. The van der Waals surface area contributed by atoms with Crippen LogP contribution in [0.15, 0.2) is 0 Å². The van der Waals surface area contributed by atoms with Crippen LogP contribution in [-0.2, 0) is 4.79 Å². The quantitative estimate of drug-likeness (QED) is 0.318. The van der Waals surface area contributed by atoms with E-state index in [0.29, 0.717) is 6.08 Å². The van der Waals surface area contributed by atoms with Crippen molar-refractivity contribution in [2.24, 2.45) is 0 Å². The van der Waals surface area contributed by atoms with Crippen molar-refractivity contribution >= 4 is 18.5 Å². The number of nitrogens with zero attached hydrogens (tertiary/aromatic N) is 1. The average Bonchev–Trinajstić information content (AvgIpc) is 0.918. The Labute approximate surface area is 95.0 Å². The van der Waals surface area contributed by atoms with E-state index in [2.05, 4.69) is 0 Å². The fourth-order valence-corrected chi connectivity index (χ4v) is 0. The van der Waals surface area contributed by atoms with E-state index in [1.807, 2.05) is 0 Å². The Balaban J connectivity index is -0.0000000200. The Kier molecular flexibility index (Phi) is 54.7. The Bertz CT molecular complexity index is 32.6. The molecule has 0 aliphatic heterocycles. The molecule has 0 spiro atoms. The summed E-state index contributed by atoms with van der Waals surface area (Å²) in [5.74, 6) is 0. The van der Waals surface area contributed by atoms with Gasteiger partial charge in [-0.15, -0.1) is 12.4 Å². The fraction of sp³-hybridized carbons (Fsp3) is 0. The van der Waals surface area contributed by atoms with Gasteiger partial charge < -0.3 is 5.41 Å². The van der Waals surface area contributed by atoms with Crippen molar-refractivity contribution in [2.75, 3.05) is 0 Å². The monoisotopic (exact) mass is 211 g/mol. The molecule has 0 saturated heterocycles. The van der Waals surface area contributed by atoms with Gasteiger partial charge in [-0.2, -0.15) is 0 Å². The molecule has 0 fully saturated rings. The average molecular weight is 211 g/mol. The maximum absolute atomic E-state index is 8.24. The number of isocyanates is 1. The van der Waals surface area contributed by atoms with E-state index in [0.717, 1.165) is 0 Å². The molecule has 0 aromatic carbocycles. The minimum absolute atomic E-state index is 0. The third-order valence-electron chi connectivity index (χ3n) is 0. The molecular weight excluding hydrogens is 210 g/mol. The van der Waals surface area contributed by atoms with Gasteiger partial charge >= 0.3 is 68.9 Å². The zero-order valence-corrected chi connectivity index (χ0v) is 9.86. The van der Waals surface area contributed by atoms with E-state index >= 15 is 0 Å². The van der Waals surface area contributed by atoms with Crippen molar-refractivity contribution in [3.8, 4) is 0 Å². The van der Waals surface area contributed by atoms with Crippen molar-refractivity contribution in [3.63, 3.8) is 0 Å². The Hall–Kier alpha value is 1.72. The van der Waals surface area contributed by atoms with Gasteiger partial charge in [-0.3, -0.25) is 4.79 Å². The zero-order chi connectivity index (χ0) is 2.71. The molecule has 0 aliphatic rings. The van der Waals surface area contributed by atoms with Crippen molar-refractivity contribution in [3.05, 3.63) is 5.41 Å². The molecule has 0 unspecified atom stereocenters. The SMILES string of the molecule is Cl.[Cs+].[N-]=C=O. The molecule has 0 N–H and O–H groups in total. The molecule has 0 amide bonds. The predicted molar refractivity (Wildman–Crippen MR) is 16.3 cm³/mol. The van der Waals surface area contributed by atoms with Gasteiger partial charge in [0, 0.05) is 0 Å². The molecule has 0 radical (unpaired) electrons. The van der Waals surface area contributed by atoms with Crippen LogP contribution >= 0.6 is 12.4 Å². The first kappa shape index (κ1) is 15.9. The van der Waals surface area contributed by atoms with E-state index in [1.165, 1.54) is 0 Å². The van der Waals surface area contributed by atoms with Crippen molar-refractivity contribution in [1.82, 2.24) is 0 Å². The Morgan fingerprint density at radius 3 is 1.60 bits per heavy atom. The van der Waals surface area contributed by atoms with Gasteiger partial charge in [0.2, 0.25) is 0 Å². The van der Waals surface area contributed by atoms with Crippen LogP contribution in [0.5, 0.6) is 0 Å². The summed E-state index contributed by atoms with van der Waals surface area (Å²) >= 11 is 0. The first-order chi connectivity index (χ1) is 1.41. The van der Waals surface area contributed by atoms with Crippen LogP contribution in [0.1, 0.15) is 0 Å². The Morgan fingerprint density at radius 1 is 1.60 bits per heavy atom. The van der Waals surface area contributed by atoms with Gasteiger partial charge in [0.15, 0.2) is 0 Å². The summed E-state index contributed by atoms with van der Waals surface area (Å²) in [6, 6.07) is 0. The van der Waals surface area contributed by atoms with Gasteiger partial charge in [-0.05, 0) is 6.08 Å². The van der Waals surface area contributed by atoms with Crippen molar-refractivity contribution < 1.29 is 73.7 Å². The third kappa shape index (κ3) is 26.7. The molecule has 0 aliphatic carbocycles. The van der Waals surface area contributed by atoms with E-state index in [4.69, 9.17) is 10.2 Å². The van der Waals surface area contributed by atoms with Crippen LogP contribution in [-0.4, -0.2) is 6.08 Å². The largest absolute Gasteiger partial charge is 1.00 e. The molecule has 5 heavy (non-hydrogen) atoms. The molecule has 0 bridgehead atoms. The van der Waals surface area contributed by atoms with Crippen LogP contribution in [0.3, 0.4) is 0 Å². The summed E-state index contributed by atoms with van der Waals surface area (Å²) < 4.78 is 0. The molecule has 0 atom stereocenters. The maximum Gasteiger partial charge on any atom is 1.00 e. The standard InChI is InChI=1S/CNO.ClH.Cs/c2-1-3;;/h;1H;/q-1;;+1. The van der Waals surface area contributed by atoms with Crippen molar-refractivity contribution in [1.29, 1.82) is 0 Å². The van der Waals surface area contributed by atoms with Gasteiger partial charge in [0.25, 0.3) is 0 Å². The summed E-state index contributed by atoms with van der Waals surface area (Å²) in [5.41, 5.74) is 0. The first-order valence-corrected chi connectivity index (χ1v) is 0.428. The van der Waals surface area contributed by atoms with E-state index < -0.39 is 0 Å². The maximum atomic E-state index is 8.24. The van der Waals surface area contributed by atoms with Gasteiger partial charge in [0.1, 0.15) is 0 Å². The molecule has 0 heterocycles. The van der Waals surface area contributed by atoms with Gasteiger partial charge in [0.05, 0.1) is 0 Å². The molecule has 0 saturated carbocycles. The summed E-state index contributed by atoms with van der Waals surface area (Å²) in [6.45, 7) is 0. The number of hydrogen-bond acceptors (Lipinski definition) is 1. The molecule has 2 nitrogen and oxygen atoms in total. The molecule has 0 aromatic heterocycles. The van der Waals surface area contributed by atoms with E-state index in [1.54, 1.807) is 0 Å². The van der Waals surface area contributed by atoms with E-state index in [-0.39, 0.29) is 81.3 Å².